The summed E-state index contributed by atoms with van der Waals surface area (Å²) in [5, 5.41) is 2.97. The number of likely N-dealkylation sites (tertiary alicyclic amines) is 1. The van der Waals surface area contributed by atoms with E-state index in [9.17, 15) is 9.59 Å². The van der Waals surface area contributed by atoms with Crippen LogP contribution < -0.4 is 5.32 Å². The molecular formula is C19H28N2O2. The summed E-state index contributed by atoms with van der Waals surface area (Å²) in [5.41, 5.74) is 1.15. The van der Waals surface area contributed by atoms with Gasteiger partial charge in [-0.25, -0.2) is 0 Å². The van der Waals surface area contributed by atoms with Crippen LogP contribution in [-0.4, -0.2) is 35.8 Å². The normalized spacial score (nSPS) is 15.7. The number of nitrogens with zero attached hydrogens (tertiary/aromatic N) is 1. The Morgan fingerprint density at radius 1 is 1.13 bits per heavy atom. The van der Waals surface area contributed by atoms with Gasteiger partial charge < -0.3 is 10.2 Å². The monoisotopic (exact) mass is 316 g/mol. The number of carbonyl (C=O) groups is 2. The molecule has 0 unspecified atom stereocenters. The molecule has 1 aromatic rings. The van der Waals surface area contributed by atoms with Gasteiger partial charge in [0.2, 0.25) is 11.8 Å². The zero-order chi connectivity index (χ0) is 16.7. The molecule has 0 aliphatic carbocycles. The van der Waals surface area contributed by atoms with Crippen molar-refractivity contribution < 1.29 is 9.59 Å². The van der Waals surface area contributed by atoms with E-state index in [4.69, 9.17) is 0 Å². The summed E-state index contributed by atoms with van der Waals surface area (Å²) in [7, 11) is 0. The lowest BCUT2D eigenvalue weighted by molar-refractivity contribution is -0.136. The molecule has 1 fully saturated rings. The summed E-state index contributed by atoms with van der Waals surface area (Å²) in [6, 6.07) is 9.59. The van der Waals surface area contributed by atoms with E-state index < -0.39 is 0 Å². The Morgan fingerprint density at radius 3 is 2.39 bits per heavy atom. The lowest BCUT2D eigenvalue weighted by atomic mass is 10.0. The Morgan fingerprint density at radius 2 is 1.78 bits per heavy atom. The van der Waals surface area contributed by atoms with Crippen molar-refractivity contribution in [3.63, 3.8) is 0 Å². The molecule has 1 heterocycles. The Hall–Kier alpha value is -1.84. The molecule has 1 aliphatic rings. The maximum absolute atomic E-state index is 12.6. The number of rotatable bonds is 7. The first-order valence-corrected chi connectivity index (χ1v) is 8.68. The second-order valence-corrected chi connectivity index (χ2v) is 6.77. The topological polar surface area (TPSA) is 49.4 Å². The largest absolute Gasteiger partial charge is 0.344 e. The van der Waals surface area contributed by atoms with Crippen LogP contribution in [0.5, 0.6) is 0 Å². The minimum absolute atomic E-state index is 0.0351. The molecule has 0 bridgehead atoms. The predicted octanol–water partition coefficient (Wildman–Crippen LogP) is 2.77. The van der Waals surface area contributed by atoms with Crippen LogP contribution in [0.2, 0.25) is 0 Å². The fourth-order valence-electron chi connectivity index (χ4n) is 3.02. The fourth-order valence-corrected chi connectivity index (χ4v) is 3.02. The van der Waals surface area contributed by atoms with E-state index in [-0.39, 0.29) is 17.9 Å². The average Bonchev–Trinajstić information content (AvgIpc) is 3.06. The van der Waals surface area contributed by atoms with Crippen LogP contribution >= 0.6 is 0 Å². The van der Waals surface area contributed by atoms with Gasteiger partial charge in [0.15, 0.2) is 0 Å². The van der Waals surface area contributed by atoms with Crippen molar-refractivity contribution in [2.75, 3.05) is 13.1 Å². The molecule has 1 aliphatic heterocycles. The van der Waals surface area contributed by atoms with Gasteiger partial charge in [0.1, 0.15) is 6.04 Å². The summed E-state index contributed by atoms with van der Waals surface area (Å²) in [6.45, 7) is 5.82. The maximum Gasteiger partial charge on any atom is 0.245 e. The van der Waals surface area contributed by atoms with Gasteiger partial charge in [0.25, 0.3) is 0 Å². The summed E-state index contributed by atoms with van der Waals surface area (Å²) in [6.07, 6.45) is 3.97. The Balaban J connectivity index is 1.88. The summed E-state index contributed by atoms with van der Waals surface area (Å²) < 4.78 is 0. The van der Waals surface area contributed by atoms with Crippen molar-refractivity contribution in [3.05, 3.63) is 35.9 Å². The Labute approximate surface area is 139 Å². The van der Waals surface area contributed by atoms with Crippen molar-refractivity contribution in [2.24, 2.45) is 5.92 Å². The highest BCUT2D eigenvalue weighted by Crippen LogP contribution is 2.14. The number of benzene rings is 1. The van der Waals surface area contributed by atoms with Crippen molar-refractivity contribution in [1.29, 1.82) is 0 Å². The molecule has 1 atom stereocenters. The molecule has 0 aromatic heterocycles. The van der Waals surface area contributed by atoms with E-state index in [1.165, 1.54) is 0 Å². The van der Waals surface area contributed by atoms with Crippen LogP contribution in [0.3, 0.4) is 0 Å². The highest BCUT2D eigenvalue weighted by molar-refractivity contribution is 5.87. The standard InChI is InChI=1S/C19H28N2O2/c1-15(2)14-17(19(23)21-12-6-7-13-21)20-18(22)11-10-16-8-4-3-5-9-16/h3-5,8-9,15,17H,6-7,10-14H2,1-2H3,(H,20,22)/t17-/m1/s1. The van der Waals surface area contributed by atoms with Crippen molar-refractivity contribution in [2.45, 2.75) is 52.0 Å². The van der Waals surface area contributed by atoms with E-state index in [2.05, 4.69) is 19.2 Å². The quantitative estimate of drug-likeness (QED) is 0.841. The van der Waals surface area contributed by atoms with Gasteiger partial charge in [0, 0.05) is 19.5 Å². The molecule has 4 nitrogen and oxygen atoms in total. The first-order chi connectivity index (χ1) is 11.1. The molecule has 4 heteroatoms. The van der Waals surface area contributed by atoms with Gasteiger partial charge in [-0.1, -0.05) is 44.2 Å². The van der Waals surface area contributed by atoms with Gasteiger partial charge in [-0.3, -0.25) is 9.59 Å². The van der Waals surface area contributed by atoms with Crippen LogP contribution in [0.4, 0.5) is 0 Å². The van der Waals surface area contributed by atoms with Crippen LogP contribution in [0.15, 0.2) is 30.3 Å². The van der Waals surface area contributed by atoms with Crippen molar-refractivity contribution in [1.82, 2.24) is 10.2 Å². The lowest BCUT2D eigenvalue weighted by Crippen LogP contribution is -2.48. The highest BCUT2D eigenvalue weighted by Gasteiger charge is 2.28. The van der Waals surface area contributed by atoms with Gasteiger partial charge >= 0.3 is 0 Å². The molecular weight excluding hydrogens is 288 g/mol. The van der Waals surface area contributed by atoms with E-state index >= 15 is 0 Å². The van der Waals surface area contributed by atoms with Crippen LogP contribution in [0.1, 0.15) is 45.1 Å². The second kappa shape index (κ2) is 8.70. The predicted molar refractivity (Wildman–Crippen MR) is 92.0 cm³/mol. The van der Waals surface area contributed by atoms with E-state index in [0.717, 1.165) is 31.5 Å². The maximum atomic E-state index is 12.6. The SMILES string of the molecule is CC(C)C[C@@H](NC(=O)CCc1ccccc1)C(=O)N1CCCC1. The molecule has 2 amide bonds. The van der Waals surface area contributed by atoms with Gasteiger partial charge in [-0.15, -0.1) is 0 Å². The minimum Gasteiger partial charge on any atom is -0.344 e. The fraction of sp³-hybridized carbons (Fsp3) is 0.579. The van der Waals surface area contributed by atoms with Gasteiger partial charge in [0.05, 0.1) is 0 Å². The molecule has 0 radical (unpaired) electrons. The Bertz CT molecular complexity index is 507. The van der Waals surface area contributed by atoms with Crippen LogP contribution in [0, 0.1) is 5.92 Å². The van der Waals surface area contributed by atoms with Crippen LogP contribution in [0.25, 0.3) is 0 Å². The number of hydrogen-bond acceptors (Lipinski definition) is 2. The molecule has 0 saturated carbocycles. The summed E-state index contributed by atoms with van der Waals surface area (Å²) >= 11 is 0. The Kier molecular flexibility index (Phi) is 6.63. The number of carbonyl (C=O) groups excluding carboxylic acids is 2. The zero-order valence-electron chi connectivity index (χ0n) is 14.3. The number of nitrogens with one attached hydrogen (secondary N) is 1. The third-order valence-electron chi connectivity index (χ3n) is 4.24. The number of aryl methyl sites for hydroxylation is 1. The zero-order valence-corrected chi connectivity index (χ0v) is 14.3. The molecule has 23 heavy (non-hydrogen) atoms. The highest BCUT2D eigenvalue weighted by atomic mass is 16.2. The lowest BCUT2D eigenvalue weighted by Gasteiger charge is -2.25. The number of amides is 2. The third kappa shape index (κ3) is 5.70. The molecule has 126 valence electrons. The summed E-state index contributed by atoms with van der Waals surface area (Å²) in [5.74, 6) is 0.428. The van der Waals surface area contributed by atoms with E-state index in [1.807, 2.05) is 35.2 Å². The van der Waals surface area contributed by atoms with E-state index in [1.54, 1.807) is 0 Å². The molecule has 1 saturated heterocycles. The number of hydrogen-bond donors (Lipinski definition) is 1. The second-order valence-electron chi connectivity index (χ2n) is 6.77. The average molecular weight is 316 g/mol. The van der Waals surface area contributed by atoms with Crippen molar-refractivity contribution in [3.8, 4) is 0 Å². The van der Waals surface area contributed by atoms with Gasteiger partial charge in [-0.05, 0) is 37.2 Å². The molecule has 1 N–H and O–H groups in total. The molecule has 2 rings (SSSR count). The van der Waals surface area contributed by atoms with Crippen LogP contribution in [-0.2, 0) is 16.0 Å². The molecule has 0 spiro atoms. The van der Waals surface area contributed by atoms with Gasteiger partial charge in [-0.2, -0.15) is 0 Å². The first kappa shape index (κ1) is 17.5. The third-order valence-corrected chi connectivity index (χ3v) is 4.24. The molecule has 1 aromatic carbocycles. The summed E-state index contributed by atoms with van der Waals surface area (Å²) in [4.78, 5) is 26.7. The first-order valence-electron chi connectivity index (χ1n) is 8.68. The smallest absolute Gasteiger partial charge is 0.245 e. The van der Waals surface area contributed by atoms with E-state index in [0.29, 0.717) is 25.2 Å². The van der Waals surface area contributed by atoms with Crippen molar-refractivity contribution >= 4 is 11.8 Å². The minimum atomic E-state index is -0.378.